The SMILES string of the molecule is CCN1CCN(C(=O)c2ccc(-n3cncn3)cc2)CC1. The van der Waals surface area contributed by atoms with Gasteiger partial charge in [-0.3, -0.25) is 4.79 Å². The van der Waals surface area contributed by atoms with Crippen molar-refractivity contribution >= 4 is 5.91 Å². The Kier molecular flexibility index (Phi) is 3.96. The smallest absolute Gasteiger partial charge is 0.253 e. The second-order valence-corrected chi connectivity index (χ2v) is 5.11. The minimum absolute atomic E-state index is 0.107. The molecule has 0 N–H and O–H groups in total. The molecule has 1 aromatic carbocycles. The standard InChI is InChI=1S/C15H19N5O/c1-2-18-7-9-19(10-8-18)15(21)13-3-5-14(6-4-13)20-12-16-11-17-20/h3-6,11-12H,2,7-10H2,1H3. The van der Waals surface area contributed by atoms with E-state index in [0.717, 1.165) is 44.0 Å². The Balaban J connectivity index is 1.68. The molecule has 0 saturated carbocycles. The minimum atomic E-state index is 0.107. The number of hydrogen-bond acceptors (Lipinski definition) is 4. The number of piperazine rings is 1. The molecule has 1 saturated heterocycles. The first-order valence-electron chi connectivity index (χ1n) is 7.24. The van der Waals surface area contributed by atoms with Gasteiger partial charge in [0, 0.05) is 31.7 Å². The fourth-order valence-electron chi connectivity index (χ4n) is 2.55. The predicted molar refractivity (Wildman–Crippen MR) is 79.4 cm³/mol. The van der Waals surface area contributed by atoms with E-state index in [1.807, 2.05) is 29.2 Å². The lowest BCUT2D eigenvalue weighted by Gasteiger charge is -2.34. The summed E-state index contributed by atoms with van der Waals surface area (Å²) in [6, 6.07) is 7.49. The molecule has 110 valence electrons. The lowest BCUT2D eigenvalue weighted by molar-refractivity contribution is 0.0643. The third-order valence-corrected chi connectivity index (χ3v) is 3.90. The van der Waals surface area contributed by atoms with Crippen LogP contribution < -0.4 is 0 Å². The van der Waals surface area contributed by atoms with Crippen molar-refractivity contribution in [2.45, 2.75) is 6.92 Å². The van der Waals surface area contributed by atoms with Gasteiger partial charge in [0.15, 0.2) is 0 Å². The highest BCUT2D eigenvalue weighted by molar-refractivity contribution is 5.94. The molecule has 1 fully saturated rings. The van der Waals surface area contributed by atoms with Crippen molar-refractivity contribution in [3.63, 3.8) is 0 Å². The third-order valence-electron chi connectivity index (χ3n) is 3.90. The van der Waals surface area contributed by atoms with E-state index in [1.165, 1.54) is 6.33 Å². The zero-order chi connectivity index (χ0) is 14.7. The van der Waals surface area contributed by atoms with Crippen LogP contribution in [0.25, 0.3) is 5.69 Å². The van der Waals surface area contributed by atoms with Crippen LogP contribution in [0.4, 0.5) is 0 Å². The van der Waals surface area contributed by atoms with Crippen molar-refractivity contribution < 1.29 is 4.79 Å². The van der Waals surface area contributed by atoms with Gasteiger partial charge in [0.05, 0.1) is 5.69 Å². The molecular formula is C15H19N5O. The lowest BCUT2D eigenvalue weighted by atomic mass is 10.1. The molecular weight excluding hydrogens is 266 g/mol. The Labute approximate surface area is 124 Å². The maximum absolute atomic E-state index is 12.5. The van der Waals surface area contributed by atoms with Crippen LogP contribution in [-0.4, -0.2) is 63.2 Å². The highest BCUT2D eigenvalue weighted by Gasteiger charge is 2.21. The van der Waals surface area contributed by atoms with Crippen LogP contribution in [0, 0.1) is 0 Å². The number of amides is 1. The Morgan fingerprint density at radius 3 is 2.43 bits per heavy atom. The van der Waals surface area contributed by atoms with Gasteiger partial charge in [0.1, 0.15) is 12.7 Å². The molecule has 1 aliphatic heterocycles. The van der Waals surface area contributed by atoms with Crippen LogP contribution in [0.2, 0.25) is 0 Å². The third kappa shape index (κ3) is 2.95. The molecule has 0 spiro atoms. The summed E-state index contributed by atoms with van der Waals surface area (Å²) in [5.74, 6) is 0.107. The number of aromatic nitrogens is 3. The molecule has 2 heterocycles. The van der Waals surface area contributed by atoms with Gasteiger partial charge in [0.25, 0.3) is 5.91 Å². The van der Waals surface area contributed by atoms with Crippen molar-refractivity contribution in [3.8, 4) is 5.69 Å². The van der Waals surface area contributed by atoms with Crippen LogP contribution in [0.1, 0.15) is 17.3 Å². The lowest BCUT2D eigenvalue weighted by Crippen LogP contribution is -2.48. The Bertz CT molecular complexity index is 585. The number of benzene rings is 1. The van der Waals surface area contributed by atoms with Crippen LogP contribution >= 0.6 is 0 Å². The summed E-state index contributed by atoms with van der Waals surface area (Å²) in [6.07, 6.45) is 3.13. The van der Waals surface area contributed by atoms with Crippen LogP contribution in [0.5, 0.6) is 0 Å². The van der Waals surface area contributed by atoms with E-state index in [-0.39, 0.29) is 5.91 Å². The summed E-state index contributed by atoms with van der Waals surface area (Å²) in [5.41, 5.74) is 1.63. The summed E-state index contributed by atoms with van der Waals surface area (Å²) in [4.78, 5) is 20.7. The fraction of sp³-hybridized carbons (Fsp3) is 0.400. The number of nitrogens with zero attached hydrogens (tertiary/aromatic N) is 5. The Hall–Kier alpha value is -2.21. The van der Waals surface area contributed by atoms with Gasteiger partial charge in [-0.1, -0.05) is 6.92 Å². The topological polar surface area (TPSA) is 54.3 Å². The van der Waals surface area contributed by atoms with Gasteiger partial charge in [-0.25, -0.2) is 9.67 Å². The molecule has 0 bridgehead atoms. The predicted octanol–water partition coefficient (Wildman–Crippen LogP) is 1.05. The molecule has 0 radical (unpaired) electrons. The van der Waals surface area contributed by atoms with Gasteiger partial charge in [-0.15, -0.1) is 0 Å². The number of rotatable bonds is 3. The Morgan fingerprint density at radius 2 is 1.86 bits per heavy atom. The van der Waals surface area contributed by atoms with Crippen LogP contribution in [0.15, 0.2) is 36.9 Å². The molecule has 1 amide bonds. The second-order valence-electron chi connectivity index (χ2n) is 5.11. The number of hydrogen-bond donors (Lipinski definition) is 0. The molecule has 0 unspecified atom stereocenters. The normalized spacial score (nSPS) is 16.1. The van der Waals surface area contributed by atoms with E-state index < -0.39 is 0 Å². The van der Waals surface area contributed by atoms with E-state index in [9.17, 15) is 4.79 Å². The van der Waals surface area contributed by atoms with Gasteiger partial charge in [-0.05, 0) is 30.8 Å². The molecule has 0 atom stereocenters. The average molecular weight is 285 g/mol. The Morgan fingerprint density at radius 1 is 1.14 bits per heavy atom. The number of carbonyl (C=O) groups excluding carboxylic acids is 1. The number of likely N-dealkylation sites (N-methyl/N-ethyl adjacent to an activating group) is 1. The largest absolute Gasteiger partial charge is 0.336 e. The average Bonchev–Trinajstić information content (AvgIpc) is 3.09. The molecule has 3 rings (SSSR count). The van der Waals surface area contributed by atoms with Gasteiger partial charge in [0.2, 0.25) is 0 Å². The van der Waals surface area contributed by atoms with Crippen molar-refractivity contribution in [2.24, 2.45) is 0 Å². The van der Waals surface area contributed by atoms with Crippen LogP contribution in [0.3, 0.4) is 0 Å². The molecule has 6 heteroatoms. The van der Waals surface area contributed by atoms with E-state index in [0.29, 0.717) is 0 Å². The molecule has 6 nitrogen and oxygen atoms in total. The summed E-state index contributed by atoms with van der Waals surface area (Å²) >= 11 is 0. The second kappa shape index (κ2) is 6.05. The zero-order valence-electron chi connectivity index (χ0n) is 12.1. The quantitative estimate of drug-likeness (QED) is 0.845. The van der Waals surface area contributed by atoms with Gasteiger partial charge >= 0.3 is 0 Å². The van der Waals surface area contributed by atoms with Crippen molar-refractivity contribution in [2.75, 3.05) is 32.7 Å². The van der Waals surface area contributed by atoms with E-state index in [1.54, 1.807) is 11.0 Å². The van der Waals surface area contributed by atoms with Gasteiger partial charge < -0.3 is 9.80 Å². The van der Waals surface area contributed by atoms with E-state index in [2.05, 4.69) is 21.9 Å². The first kappa shape index (κ1) is 13.8. The van der Waals surface area contributed by atoms with Crippen molar-refractivity contribution in [3.05, 3.63) is 42.5 Å². The molecule has 21 heavy (non-hydrogen) atoms. The molecule has 2 aromatic rings. The van der Waals surface area contributed by atoms with Crippen molar-refractivity contribution in [1.82, 2.24) is 24.6 Å². The first-order valence-corrected chi connectivity index (χ1v) is 7.24. The molecule has 0 aliphatic carbocycles. The van der Waals surface area contributed by atoms with E-state index in [4.69, 9.17) is 0 Å². The van der Waals surface area contributed by atoms with Crippen molar-refractivity contribution in [1.29, 1.82) is 0 Å². The highest BCUT2D eigenvalue weighted by atomic mass is 16.2. The zero-order valence-corrected chi connectivity index (χ0v) is 12.1. The number of carbonyl (C=O) groups is 1. The monoisotopic (exact) mass is 285 g/mol. The van der Waals surface area contributed by atoms with Crippen LogP contribution in [-0.2, 0) is 0 Å². The minimum Gasteiger partial charge on any atom is -0.336 e. The summed E-state index contributed by atoms with van der Waals surface area (Å²) in [5, 5.41) is 4.07. The molecule has 1 aromatic heterocycles. The fourth-order valence-corrected chi connectivity index (χ4v) is 2.55. The maximum atomic E-state index is 12.5. The summed E-state index contributed by atoms with van der Waals surface area (Å²) in [6.45, 7) is 6.72. The van der Waals surface area contributed by atoms with Gasteiger partial charge in [-0.2, -0.15) is 5.10 Å². The summed E-state index contributed by atoms with van der Waals surface area (Å²) < 4.78 is 1.67. The maximum Gasteiger partial charge on any atom is 0.253 e. The summed E-state index contributed by atoms with van der Waals surface area (Å²) in [7, 11) is 0. The highest BCUT2D eigenvalue weighted by Crippen LogP contribution is 2.12. The van der Waals surface area contributed by atoms with E-state index >= 15 is 0 Å². The first-order chi connectivity index (χ1) is 10.3. The molecule has 1 aliphatic rings.